The van der Waals surface area contributed by atoms with E-state index in [1.807, 2.05) is 0 Å². The lowest BCUT2D eigenvalue weighted by Gasteiger charge is -1.92. The number of aliphatic carboxylic acids is 2. The van der Waals surface area contributed by atoms with Crippen LogP contribution in [0.5, 0.6) is 0 Å². The summed E-state index contributed by atoms with van der Waals surface area (Å²) in [6, 6.07) is 16.7. The highest BCUT2D eigenvalue weighted by Crippen LogP contribution is 2.11. The molecule has 6 N–H and O–H groups in total. The molecule has 0 aliphatic heterocycles. The van der Waals surface area contributed by atoms with Crippen LogP contribution in [-0.2, 0) is 9.59 Å². The molecule has 6 heteroatoms. The van der Waals surface area contributed by atoms with E-state index in [1.54, 1.807) is 0 Å². The lowest BCUT2D eigenvalue weighted by Crippen LogP contribution is -2.11. The van der Waals surface area contributed by atoms with Crippen molar-refractivity contribution in [2.75, 3.05) is 13.1 Å². The van der Waals surface area contributed by atoms with Crippen LogP contribution in [0.1, 0.15) is 0 Å². The third kappa shape index (κ3) is 7.80. The number of rotatable bonds is 1. The number of benzene rings is 2. The second-order valence-corrected chi connectivity index (χ2v) is 3.53. The van der Waals surface area contributed by atoms with Crippen molar-refractivity contribution in [3.63, 3.8) is 0 Å². The quantitative estimate of drug-likeness (QED) is 0.574. The summed E-state index contributed by atoms with van der Waals surface area (Å²) in [5, 5.41) is 17.4. The molecular weight excluding hydrogens is 260 g/mol. The summed E-state index contributed by atoms with van der Waals surface area (Å²) in [7, 11) is 0. The van der Waals surface area contributed by atoms with Crippen LogP contribution in [0, 0.1) is 0 Å². The van der Waals surface area contributed by atoms with E-state index in [-0.39, 0.29) is 0 Å². The first kappa shape index (κ1) is 17.6. The van der Waals surface area contributed by atoms with Crippen LogP contribution in [0.2, 0.25) is 0 Å². The smallest absolute Gasteiger partial charge is 0.414 e. The van der Waals surface area contributed by atoms with Gasteiger partial charge in [-0.05, 0) is 10.8 Å². The van der Waals surface area contributed by atoms with Crippen LogP contribution in [0.25, 0.3) is 10.8 Å². The molecular formula is C14H18N2O4. The minimum absolute atomic E-state index is 0.597. The first-order valence-electron chi connectivity index (χ1n) is 5.83. The highest BCUT2D eigenvalue weighted by molar-refractivity contribution is 6.27. The number of hydrogen-bond acceptors (Lipinski definition) is 4. The van der Waals surface area contributed by atoms with Gasteiger partial charge in [0.2, 0.25) is 0 Å². The van der Waals surface area contributed by atoms with Gasteiger partial charge in [0.1, 0.15) is 0 Å². The highest BCUT2D eigenvalue weighted by atomic mass is 16.4. The zero-order chi connectivity index (χ0) is 15.4. The van der Waals surface area contributed by atoms with Gasteiger partial charge in [0, 0.05) is 13.1 Å². The van der Waals surface area contributed by atoms with Gasteiger partial charge in [-0.15, -0.1) is 0 Å². The number of carboxylic acids is 2. The van der Waals surface area contributed by atoms with E-state index >= 15 is 0 Å². The van der Waals surface area contributed by atoms with Crippen molar-refractivity contribution >= 4 is 22.7 Å². The SMILES string of the molecule is NCCN.O=C(O)C(=O)O.c1ccc2ccccc2c1. The van der Waals surface area contributed by atoms with Crippen LogP contribution in [0.4, 0.5) is 0 Å². The zero-order valence-corrected chi connectivity index (χ0v) is 10.9. The molecule has 2 aromatic carbocycles. The van der Waals surface area contributed by atoms with Crippen LogP contribution in [0.15, 0.2) is 48.5 Å². The van der Waals surface area contributed by atoms with Crippen molar-refractivity contribution in [3.8, 4) is 0 Å². The van der Waals surface area contributed by atoms with Gasteiger partial charge in [0.15, 0.2) is 0 Å². The molecule has 0 aromatic heterocycles. The summed E-state index contributed by atoms with van der Waals surface area (Å²) in [6.07, 6.45) is 0. The van der Waals surface area contributed by atoms with E-state index < -0.39 is 11.9 Å². The molecule has 0 unspecified atom stereocenters. The molecule has 0 radical (unpaired) electrons. The Labute approximate surface area is 116 Å². The Morgan fingerprint density at radius 2 is 1.00 bits per heavy atom. The second kappa shape index (κ2) is 10.5. The average Bonchev–Trinajstić information content (AvgIpc) is 2.48. The minimum Gasteiger partial charge on any atom is -0.473 e. The van der Waals surface area contributed by atoms with E-state index in [2.05, 4.69) is 48.5 Å². The Hall–Kier alpha value is -2.44. The Balaban J connectivity index is 0.000000312. The molecule has 0 bridgehead atoms. The molecule has 0 amide bonds. The minimum atomic E-state index is -1.82. The molecule has 6 nitrogen and oxygen atoms in total. The summed E-state index contributed by atoms with van der Waals surface area (Å²) in [4.78, 5) is 18.2. The van der Waals surface area contributed by atoms with Crippen molar-refractivity contribution in [2.45, 2.75) is 0 Å². The molecule has 0 heterocycles. The van der Waals surface area contributed by atoms with E-state index in [1.165, 1.54) is 10.8 Å². The Kier molecular flexibility index (Phi) is 9.20. The summed E-state index contributed by atoms with van der Waals surface area (Å²) in [6.45, 7) is 1.19. The van der Waals surface area contributed by atoms with Gasteiger partial charge in [-0.2, -0.15) is 0 Å². The van der Waals surface area contributed by atoms with Gasteiger partial charge in [-0.1, -0.05) is 48.5 Å². The first-order valence-corrected chi connectivity index (χ1v) is 5.83. The lowest BCUT2D eigenvalue weighted by molar-refractivity contribution is -0.159. The third-order valence-electron chi connectivity index (χ3n) is 2.01. The summed E-state index contributed by atoms with van der Waals surface area (Å²) in [5.41, 5.74) is 9.81. The largest absolute Gasteiger partial charge is 0.473 e. The summed E-state index contributed by atoms with van der Waals surface area (Å²) >= 11 is 0. The monoisotopic (exact) mass is 278 g/mol. The van der Waals surface area contributed by atoms with Crippen molar-refractivity contribution < 1.29 is 19.8 Å². The number of carbonyl (C=O) groups is 2. The normalized spacial score (nSPS) is 8.70. The lowest BCUT2D eigenvalue weighted by atomic mass is 10.1. The van der Waals surface area contributed by atoms with Gasteiger partial charge in [0.05, 0.1) is 0 Å². The molecule has 0 spiro atoms. The molecule has 0 saturated carbocycles. The Morgan fingerprint density at radius 3 is 1.15 bits per heavy atom. The topological polar surface area (TPSA) is 127 Å². The number of fused-ring (bicyclic) bond motifs is 1. The van der Waals surface area contributed by atoms with Crippen molar-refractivity contribution in [1.29, 1.82) is 0 Å². The van der Waals surface area contributed by atoms with Gasteiger partial charge < -0.3 is 21.7 Å². The maximum absolute atomic E-state index is 9.10. The molecule has 0 fully saturated rings. The predicted octanol–water partition coefficient (Wildman–Crippen LogP) is 0.899. The second-order valence-electron chi connectivity index (χ2n) is 3.53. The molecule has 0 aliphatic rings. The number of nitrogens with two attached hydrogens (primary N) is 2. The van der Waals surface area contributed by atoms with Crippen molar-refractivity contribution in [3.05, 3.63) is 48.5 Å². The van der Waals surface area contributed by atoms with Crippen LogP contribution >= 0.6 is 0 Å². The Bertz CT molecular complexity index is 464. The fraction of sp³-hybridized carbons (Fsp3) is 0.143. The van der Waals surface area contributed by atoms with Crippen molar-refractivity contribution in [2.24, 2.45) is 11.5 Å². The standard InChI is InChI=1S/C10H8.C2H8N2.C2H2O4/c1-2-6-10-8-4-3-7-9(10)5-1;3-1-2-4;3-1(4)2(5)6/h1-8H;1-4H2;(H,3,4)(H,5,6). The molecule has 20 heavy (non-hydrogen) atoms. The number of hydrogen-bond donors (Lipinski definition) is 4. The molecule has 0 saturated heterocycles. The summed E-state index contributed by atoms with van der Waals surface area (Å²) in [5.74, 6) is -3.65. The predicted molar refractivity (Wildman–Crippen MR) is 77.3 cm³/mol. The molecule has 2 rings (SSSR count). The molecule has 2 aromatic rings. The Morgan fingerprint density at radius 1 is 0.750 bits per heavy atom. The maximum Gasteiger partial charge on any atom is 0.414 e. The molecule has 108 valence electrons. The molecule has 0 atom stereocenters. The van der Waals surface area contributed by atoms with Gasteiger partial charge in [-0.25, -0.2) is 9.59 Å². The fourth-order valence-corrected chi connectivity index (χ4v) is 1.13. The van der Waals surface area contributed by atoms with Crippen LogP contribution in [0.3, 0.4) is 0 Å². The van der Waals surface area contributed by atoms with E-state index in [9.17, 15) is 0 Å². The van der Waals surface area contributed by atoms with Gasteiger partial charge >= 0.3 is 11.9 Å². The van der Waals surface area contributed by atoms with E-state index in [0.29, 0.717) is 13.1 Å². The number of carboxylic acid groups (broad SMARTS) is 2. The first-order chi connectivity index (χ1) is 9.52. The maximum atomic E-state index is 9.10. The zero-order valence-electron chi connectivity index (χ0n) is 10.9. The average molecular weight is 278 g/mol. The fourth-order valence-electron chi connectivity index (χ4n) is 1.13. The van der Waals surface area contributed by atoms with Gasteiger partial charge in [-0.3, -0.25) is 0 Å². The van der Waals surface area contributed by atoms with E-state index in [0.717, 1.165) is 0 Å². The highest BCUT2D eigenvalue weighted by Gasteiger charge is 2.04. The van der Waals surface area contributed by atoms with Crippen molar-refractivity contribution in [1.82, 2.24) is 0 Å². The van der Waals surface area contributed by atoms with Gasteiger partial charge in [0.25, 0.3) is 0 Å². The van der Waals surface area contributed by atoms with E-state index in [4.69, 9.17) is 31.3 Å². The molecule has 0 aliphatic carbocycles. The third-order valence-corrected chi connectivity index (χ3v) is 2.01. The van der Waals surface area contributed by atoms with Crippen LogP contribution < -0.4 is 11.5 Å². The summed E-state index contributed by atoms with van der Waals surface area (Å²) < 4.78 is 0. The van der Waals surface area contributed by atoms with Crippen LogP contribution in [-0.4, -0.2) is 35.2 Å².